The van der Waals surface area contributed by atoms with E-state index in [1.807, 2.05) is 0 Å². The van der Waals surface area contributed by atoms with Gasteiger partial charge in [-0.3, -0.25) is 0 Å². The molecule has 0 aromatic heterocycles. The van der Waals surface area contributed by atoms with Crippen LogP contribution in [0.1, 0.15) is 20.8 Å². The van der Waals surface area contributed by atoms with Gasteiger partial charge in [0.2, 0.25) is 0 Å². The van der Waals surface area contributed by atoms with Gasteiger partial charge in [-0.15, -0.1) is 0 Å². The average Bonchev–Trinajstić information content (AvgIpc) is 2.10. The summed E-state index contributed by atoms with van der Waals surface area (Å²) in [6, 6.07) is 0. The van der Waals surface area contributed by atoms with Gasteiger partial charge in [0.15, 0.2) is 6.29 Å². The second-order valence-corrected chi connectivity index (χ2v) is 3.87. The van der Waals surface area contributed by atoms with Crippen LogP contribution in [0.15, 0.2) is 0 Å². The van der Waals surface area contributed by atoms with Gasteiger partial charge in [0.25, 0.3) is 0 Å². The SMILES string of the molecule is CC(C)O[C@H]1O[C@@H](C)[C@H](O)[C@@H](O)[C@@H]1O. The third-order valence-corrected chi connectivity index (χ3v) is 2.21. The third kappa shape index (κ3) is 2.43. The van der Waals surface area contributed by atoms with E-state index in [0.29, 0.717) is 0 Å². The number of ether oxygens (including phenoxy) is 2. The number of hydrogen-bond acceptors (Lipinski definition) is 5. The van der Waals surface area contributed by atoms with Gasteiger partial charge >= 0.3 is 0 Å². The lowest BCUT2D eigenvalue weighted by atomic mass is 10.00. The molecule has 0 aliphatic carbocycles. The first kappa shape index (κ1) is 11.9. The molecule has 0 bridgehead atoms. The number of aliphatic hydroxyl groups is 3. The van der Waals surface area contributed by atoms with E-state index in [4.69, 9.17) is 9.47 Å². The van der Waals surface area contributed by atoms with Gasteiger partial charge in [0.05, 0.1) is 12.2 Å². The number of rotatable bonds is 2. The molecule has 1 saturated heterocycles. The fourth-order valence-electron chi connectivity index (χ4n) is 1.39. The molecule has 0 aromatic carbocycles. The van der Waals surface area contributed by atoms with Gasteiger partial charge in [-0.1, -0.05) is 0 Å². The quantitative estimate of drug-likeness (QED) is 0.553. The fourth-order valence-corrected chi connectivity index (χ4v) is 1.39. The minimum atomic E-state index is -1.22. The summed E-state index contributed by atoms with van der Waals surface area (Å²) in [4.78, 5) is 0. The Morgan fingerprint density at radius 2 is 1.64 bits per heavy atom. The van der Waals surface area contributed by atoms with Crippen LogP contribution in [-0.2, 0) is 9.47 Å². The Balaban J connectivity index is 2.60. The predicted octanol–water partition coefficient (Wildman–Crippen LogP) is -0.761. The summed E-state index contributed by atoms with van der Waals surface area (Å²) < 4.78 is 10.5. The van der Waals surface area contributed by atoms with E-state index in [0.717, 1.165) is 0 Å². The lowest BCUT2D eigenvalue weighted by Crippen LogP contribution is -2.57. The Morgan fingerprint density at radius 1 is 1.07 bits per heavy atom. The Morgan fingerprint density at radius 3 is 2.14 bits per heavy atom. The van der Waals surface area contributed by atoms with Crippen molar-refractivity contribution >= 4 is 0 Å². The Kier molecular flexibility index (Phi) is 3.86. The molecule has 1 heterocycles. The van der Waals surface area contributed by atoms with Crippen molar-refractivity contribution in [3.63, 3.8) is 0 Å². The Hall–Kier alpha value is -0.200. The highest BCUT2D eigenvalue weighted by atomic mass is 16.7. The van der Waals surface area contributed by atoms with Crippen molar-refractivity contribution in [3.8, 4) is 0 Å². The summed E-state index contributed by atoms with van der Waals surface area (Å²) in [6.45, 7) is 5.23. The maximum Gasteiger partial charge on any atom is 0.186 e. The molecule has 5 nitrogen and oxygen atoms in total. The standard InChI is InChI=1S/C9H18O5/c1-4(2)13-9-8(12)7(11)6(10)5(3)14-9/h4-12H,1-3H3/t5-,6-,7+,8-,9-/m0/s1. The molecule has 1 fully saturated rings. The monoisotopic (exact) mass is 206 g/mol. The summed E-state index contributed by atoms with van der Waals surface area (Å²) in [5.74, 6) is 0. The van der Waals surface area contributed by atoms with Crippen LogP contribution in [0.5, 0.6) is 0 Å². The number of hydrogen-bond donors (Lipinski definition) is 3. The highest BCUT2D eigenvalue weighted by Crippen LogP contribution is 2.22. The largest absolute Gasteiger partial charge is 0.388 e. The average molecular weight is 206 g/mol. The minimum Gasteiger partial charge on any atom is -0.388 e. The van der Waals surface area contributed by atoms with Crippen molar-refractivity contribution in [3.05, 3.63) is 0 Å². The highest BCUT2D eigenvalue weighted by Gasteiger charge is 2.42. The fraction of sp³-hybridized carbons (Fsp3) is 1.00. The van der Waals surface area contributed by atoms with Crippen LogP contribution in [0.3, 0.4) is 0 Å². The lowest BCUT2D eigenvalue weighted by Gasteiger charge is -2.39. The van der Waals surface area contributed by atoms with E-state index < -0.39 is 30.7 Å². The minimum absolute atomic E-state index is 0.107. The van der Waals surface area contributed by atoms with Gasteiger partial charge in [-0.25, -0.2) is 0 Å². The molecule has 0 amide bonds. The van der Waals surface area contributed by atoms with Gasteiger partial charge in [-0.05, 0) is 20.8 Å². The molecule has 1 rings (SSSR count). The molecule has 1 aliphatic heterocycles. The smallest absolute Gasteiger partial charge is 0.186 e. The molecule has 1 aliphatic rings. The molecule has 0 unspecified atom stereocenters. The van der Waals surface area contributed by atoms with Crippen LogP contribution in [0.2, 0.25) is 0 Å². The van der Waals surface area contributed by atoms with E-state index >= 15 is 0 Å². The zero-order valence-corrected chi connectivity index (χ0v) is 8.62. The molecular weight excluding hydrogens is 188 g/mol. The molecule has 3 N–H and O–H groups in total. The molecule has 14 heavy (non-hydrogen) atoms. The van der Waals surface area contributed by atoms with Gasteiger partial charge in [-0.2, -0.15) is 0 Å². The van der Waals surface area contributed by atoms with Crippen LogP contribution in [0, 0.1) is 0 Å². The second kappa shape index (κ2) is 4.55. The Labute approximate surface area is 83.3 Å². The summed E-state index contributed by atoms with van der Waals surface area (Å²) in [5, 5.41) is 28.3. The van der Waals surface area contributed by atoms with Gasteiger partial charge < -0.3 is 24.8 Å². The maximum absolute atomic E-state index is 9.51. The van der Waals surface area contributed by atoms with Gasteiger partial charge in [0, 0.05) is 0 Å². The van der Waals surface area contributed by atoms with Crippen molar-refractivity contribution < 1.29 is 24.8 Å². The molecule has 0 saturated carbocycles. The molecule has 84 valence electrons. The maximum atomic E-state index is 9.51. The number of aliphatic hydroxyl groups excluding tert-OH is 3. The third-order valence-electron chi connectivity index (χ3n) is 2.21. The van der Waals surface area contributed by atoms with E-state index in [-0.39, 0.29) is 6.10 Å². The summed E-state index contributed by atoms with van der Waals surface area (Å²) in [5.41, 5.74) is 0. The molecule has 0 spiro atoms. The van der Waals surface area contributed by atoms with Crippen molar-refractivity contribution in [2.24, 2.45) is 0 Å². The molecule has 0 radical (unpaired) electrons. The summed E-state index contributed by atoms with van der Waals surface area (Å²) in [6.07, 6.45) is -5.02. The van der Waals surface area contributed by atoms with Crippen molar-refractivity contribution in [2.75, 3.05) is 0 Å². The van der Waals surface area contributed by atoms with Crippen LogP contribution >= 0.6 is 0 Å². The zero-order valence-electron chi connectivity index (χ0n) is 8.62. The summed E-state index contributed by atoms with van der Waals surface area (Å²) in [7, 11) is 0. The van der Waals surface area contributed by atoms with Crippen molar-refractivity contribution in [1.29, 1.82) is 0 Å². The van der Waals surface area contributed by atoms with E-state index in [1.54, 1.807) is 20.8 Å². The van der Waals surface area contributed by atoms with Crippen LogP contribution in [0.25, 0.3) is 0 Å². The molecule has 5 heteroatoms. The van der Waals surface area contributed by atoms with Crippen LogP contribution in [0.4, 0.5) is 0 Å². The molecule has 0 aromatic rings. The summed E-state index contributed by atoms with van der Waals surface area (Å²) >= 11 is 0. The van der Waals surface area contributed by atoms with E-state index in [2.05, 4.69) is 0 Å². The second-order valence-electron chi connectivity index (χ2n) is 3.87. The lowest BCUT2D eigenvalue weighted by molar-refractivity contribution is -0.301. The predicted molar refractivity (Wildman–Crippen MR) is 48.6 cm³/mol. The topological polar surface area (TPSA) is 79.2 Å². The zero-order chi connectivity index (χ0) is 10.9. The first-order valence-electron chi connectivity index (χ1n) is 4.78. The van der Waals surface area contributed by atoms with Crippen molar-refractivity contribution in [2.45, 2.75) is 57.6 Å². The van der Waals surface area contributed by atoms with E-state index in [1.165, 1.54) is 0 Å². The normalized spacial score (nSPS) is 44.4. The van der Waals surface area contributed by atoms with Crippen LogP contribution < -0.4 is 0 Å². The first-order valence-corrected chi connectivity index (χ1v) is 4.78. The first-order chi connectivity index (χ1) is 6.43. The van der Waals surface area contributed by atoms with E-state index in [9.17, 15) is 15.3 Å². The molecule has 5 atom stereocenters. The Bertz CT molecular complexity index is 184. The van der Waals surface area contributed by atoms with Crippen molar-refractivity contribution in [1.82, 2.24) is 0 Å². The van der Waals surface area contributed by atoms with Crippen LogP contribution in [-0.4, -0.2) is 52.1 Å². The van der Waals surface area contributed by atoms with Gasteiger partial charge in [0.1, 0.15) is 18.3 Å². The highest BCUT2D eigenvalue weighted by molar-refractivity contribution is 4.87. The molecular formula is C9H18O5.